The SMILES string of the molecule is CC[C@H](CN1CCCCC1)NC(=O)Cc1ccc2c(c1)OCCCO2. The molecule has 0 spiro atoms. The van der Waals surface area contributed by atoms with Crippen LogP contribution in [0.1, 0.15) is 44.6 Å². The van der Waals surface area contributed by atoms with Crippen LogP contribution in [0, 0.1) is 0 Å². The van der Waals surface area contributed by atoms with E-state index in [-0.39, 0.29) is 11.9 Å². The molecule has 1 amide bonds. The number of amides is 1. The van der Waals surface area contributed by atoms with Crippen molar-refractivity contribution in [3.8, 4) is 11.5 Å². The lowest BCUT2D eigenvalue weighted by molar-refractivity contribution is -0.121. The Morgan fingerprint density at radius 3 is 2.64 bits per heavy atom. The summed E-state index contributed by atoms with van der Waals surface area (Å²) in [5.74, 6) is 1.61. The molecule has 1 saturated heterocycles. The van der Waals surface area contributed by atoms with Crippen molar-refractivity contribution in [2.24, 2.45) is 0 Å². The Balaban J connectivity index is 1.53. The Morgan fingerprint density at radius 1 is 1.12 bits per heavy atom. The average molecular weight is 346 g/mol. The largest absolute Gasteiger partial charge is 0.490 e. The molecule has 0 aromatic heterocycles. The predicted molar refractivity (Wildman–Crippen MR) is 98.3 cm³/mol. The first kappa shape index (κ1) is 18.1. The fraction of sp³-hybridized carbons (Fsp3) is 0.650. The summed E-state index contributed by atoms with van der Waals surface area (Å²) in [6.07, 6.45) is 6.13. The van der Waals surface area contributed by atoms with E-state index in [1.807, 2.05) is 18.2 Å². The van der Waals surface area contributed by atoms with Crippen LogP contribution in [-0.2, 0) is 11.2 Å². The van der Waals surface area contributed by atoms with E-state index in [0.717, 1.165) is 49.5 Å². The molecule has 2 aliphatic heterocycles. The Hall–Kier alpha value is -1.75. The molecule has 0 saturated carbocycles. The summed E-state index contributed by atoms with van der Waals surface area (Å²) in [4.78, 5) is 14.9. The van der Waals surface area contributed by atoms with Crippen LogP contribution in [0.15, 0.2) is 18.2 Å². The zero-order valence-electron chi connectivity index (χ0n) is 15.3. The van der Waals surface area contributed by atoms with Crippen molar-refractivity contribution >= 4 is 5.91 Å². The lowest BCUT2D eigenvalue weighted by atomic mass is 10.1. The summed E-state index contributed by atoms with van der Waals surface area (Å²) >= 11 is 0. The number of nitrogens with zero attached hydrogens (tertiary/aromatic N) is 1. The fourth-order valence-corrected chi connectivity index (χ4v) is 3.51. The highest BCUT2D eigenvalue weighted by atomic mass is 16.5. The van der Waals surface area contributed by atoms with E-state index < -0.39 is 0 Å². The fourth-order valence-electron chi connectivity index (χ4n) is 3.51. The molecular weight excluding hydrogens is 316 g/mol. The Kier molecular flexibility index (Phi) is 6.56. The minimum atomic E-state index is 0.0818. The molecular formula is C20H30N2O3. The number of rotatable bonds is 6. The summed E-state index contributed by atoms with van der Waals surface area (Å²) in [5, 5.41) is 3.20. The Bertz CT molecular complexity index is 570. The molecule has 0 bridgehead atoms. The highest BCUT2D eigenvalue weighted by molar-refractivity contribution is 5.79. The predicted octanol–water partition coefficient (Wildman–Crippen LogP) is 2.77. The quantitative estimate of drug-likeness (QED) is 0.860. The maximum absolute atomic E-state index is 12.5. The van der Waals surface area contributed by atoms with E-state index in [1.165, 1.54) is 19.3 Å². The molecule has 5 nitrogen and oxygen atoms in total. The molecule has 2 heterocycles. The van der Waals surface area contributed by atoms with E-state index in [0.29, 0.717) is 19.6 Å². The molecule has 0 unspecified atom stereocenters. The number of fused-ring (bicyclic) bond motifs is 1. The van der Waals surface area contributed by atoms with Gasteiger partial charge in [-0.25, -0.2) is 0 Å². The molecule has 1 fully saturated rings. The van der Waals surface area contributed by atoms with Gasteiger partial charge >= 0.3 is 0 Å². The molecule has 1 aromatic rings. The van der Waals surface area contributed by atoms with Gasteiger partial charge in [0.1, 0.15) is 0 Å². The maximum atomic E-state index is 12.5. The number of hydrogen-bond acceptors (Lipinski definition) is 4. The van der Waals surface area contributed by atoms with Crippen LogP contribution in [0.25, 0.3) is 0 Å². The smallest absolute Gasteiger partial charge is 0.224 e. The normalized spacial score (nSPS) is 19.1. The van der Waals surface area contributed by atoms with Crippen LogP contribution in [0.3, 0.4) is 0 Å². The third-order valence-electron chi connectivity index (χ3n) is 4.96. The Labute approximate surface area is 150 Å². The van der Waals surface area contributed by atoms with Gasteiger partial charge in [0, 0.05) is 19.0 Å². The van der Waals surface area contributed by atoms with Crippen molar-refractivity contribution in [2.75, 3.05) is 32.8 Å². The summed E-state index contributed by atoms with van der Waals surface area (Å²) in [6.45, 7) is 6.77. The van der Waals surface area contributed by atoms with Gasteiger partial charge in [-0.2, -0.15) is 0 Å². The average Bonchev–Trinajstić information content (AvgIpc) is 2.87. The number of likely N-dealkylation sites (tertiary alicyclic amines) is 1. The summed E-state index contributed by atoms with van der Waals surface area (Å²) in [5.41, 5.74) is 0.967. The van der Waals surface area contributed by atoms with E-state index in [1.54, 1.807) is 0 Å². The topological polar surface area (TPSA) is 50.8 Å². The van der Waals surface area contributed by atoms with Crippen molar-refractivity contribution < 1.29 is 14.3 Å². The van der Waals surface area contributed by atoms with E-state index >= 15 is 0 Å². The number of nitrogens with one attached hydrogen (secondary N) is 1. The van der Waals surface area contributed by atoms with Crippen molar-refractivity contribution in [3.05, 3.63) is 23.8 Å². The van der Waals surface area contributed by atoms with Gasteiger partial charge in [-0.15, -0.1) is 0 Å². The number of ether oxygens (including phenoxy) is 2. The molecule has 0 aliphatic carbocycles. The molecule has 0 radical (unpaired) electrons. The number of carbonyl (C=O) groups is 1. The lowest BCUT2D eigenvalue weighted by Gasteiger charge is -2.30. The molecule has 1 N–H and O–H groups in total. The third-order valence-corrected chi connectivity index (χ3v) is 4.96. The molecule has 3 rings (SSSR count). The number of carbonyl (C=O) groups excluding carboxylic acids is 1. The number of piperidine rings is 1. The maximum Gasteiger partial charge on any atom is 0.224 e. The monoisotopic (exact) mass is 346 g/mol. The highest BCUT2D eigenvalue weighted by Crippen LogP contribution is 2.30. The van der Waals surface area contributed by atoms with Gasteiger partial charge in [0.2, 0.25) is 5.91 Å². The molecule has 138 valence electrons. The Morgan fingerprint density at radius 2 is 1.88 bits per heavy atom. The molecule has 2 aliphatic rings. The van der Waals surface area contributed by atoms with Gasteiger partial charge in [0.15, 0.2) is 11.5 Å². The van der Waals surface area contributed by atoms with Crippen LogP contribution in [0.5, 0.6) is 11.5 Å². The van der Waals surface area contributed by atoms with Gasteiger partial charge in [0.25, 0.3) is 0 Å². The van der Waals surface area contributed by atoms with E-state index in [2.05, 4.69) is 17.1 Å². The van der Waals surface area contributed by atoms with E-state index in [4.69, 9.17) is 9.47 Å². The van der Waals surface area contributed by atoms with Gasteiger partial charge in [-0.05, 0) is 50.0 Å². The number of benzene rings is 1. The van der Waals surface area contributed by atoms with Crippen LogP contribution < -0.4 is 14.8 Å². The summed E-state index contributed by atoms with van der Waals surface area (Å²) < 4.78 is 11.4. The minimum Gasteiger partial charge on any atom is -0.490 e. The highest BCUT2D eigenvalue weighted by Gasteiger charge is 2.18. The first-order valence-electron chi connectivity index (χ1n) is 9.65. The minimum absolute atomic E-state index is 0.0818. The van der Waals surface area contributed by atoms with Gasteiger partial charge in [-0.3, -0.25) is 4.79 Å². The summed E-state index contributed by atoms with van der Waals surface area (Å²) in [7, 11) is 0. The zero-order chi connectivity index (χ0) is 17.5. The zero-order valence-corrected chi connectivity index (χ0v) is 15.3. The standard InChI is InChI=1S/C20H30N2O3/c1-2-17(15-22-9-4-3-5-10-22)21-20(23)14-16-7-8-18-19(13-16)25-12-6-11-24-18/h7-8,13,17H,2-6,9-12,14-15H2,1H3,(H,21,23)/t17-/m1/s1. The van der Waals surface area contributed by atoms with Crippen molar-refractivity contribution in [1.82, 2.24) is 10.2 Å². The second-order valence-electron chi connectivity index (χ2n) is 7.04. The van der Waals surface area contributed by atoms with Crippen molar-refractivity contribution in [1.29, 1.82) is 0 Å². The van der Waals surface area contributed by atoms with Crippen LogP contribution >= 0.6 is 0 Å². The first-order valence-corrected chi connectivity index (χ1v) is 9.65. The second-order valence-corrected chi connectivity index (χ2v) is 7.04. The molecule has 1 atom stereocenters. The molecule has 1 aromatic carbocycles. The second kappa shape index (κ2) is 9.09. The van der Waals surface area contributed by atoms with Gasteiger partial charge in [-0.1, -0.05) is 19.4 Å². The van der Waals surface area contributed by atoms with Crippen LogP contribution in [0.4, 0.5) is 0 Å². The third kappa shape index (κ3) is 5.36. The van der Waals surface area contributed by atoms with Gasteiger partial charge in [0.05, 0.1) is 19.6 Å². The first-order chi connectivity index (χ1) is 12.2. The van der Waals surface area contributed by atoms with E-state index in [9.17, 15) is 4.79 Å². The summed E-state index contributed by atoms with van der Waals surface area (Å²) in [6, 6.07) is 6.03. The molecule has 5 heteroatoms. The van der Waals surface area contributed by atoms with Crippen LogP contribution in [-0.4, -0.2) is 49.7 Å². The lowest BCUT2D eigenvalue weighted by Crippen LogP contribution is -2.45. The van der Waals surface area contributed by atoms with Gasteiger partial charge < -0.3 is 19.7 Å². The van der Waals surface area contributed by atoms with Crippen molar-refractivity contribution in [3.63, 3.8) is 0 Å². The van der Waals surface area contributed by atoms with Crippen molar-refractivity contribution in [2.45, 2.75) is 51.5 Å². The van der Waals surface area contributed by atoms with Crippen LogP contribution in [0.2, 0.25) is 0 Å². The number of hydrogen-bond donors (Lipinski definition) is 1. The molecule has 25 heavy (non-hydrogen) atoms.